The van der Waals surface area contributed by atoms with E-state index in [2.05, 4.69) is 22.0 Å². The molecule has 0 amide bonds. The van der Waals surface area contributed by atoms with Crippen LogP contribution in [-0.2, 0) is 0 Å². The average molecular weight is 228 g/mol. The van der Waals surface area contributed by atoms with Gasteiger partial charge in [-0.05, 0) is 37.6 Å². The van der Waals surface area contributed by atoms with E-state index in [1.54, 1.807) is 6.92 Å². The van der Waals surface area contributed by atoms with Crippen LogP contribution in [0.3, 0.4) is 0 Å². The Balaban J connectivity index is 0.00000144. The highest BCUT2D eigenvalue weighted by Gasteiger charge is 2.06. The summed E-state index contributed by atoms with van der Waals surface area (Å²) in [4.78, 5) is 4.20. The van der Waals surface area contributed by atoms with Gasteiger partial charge < -0.3 is 4.52 Å². The smallest absolute Gasteiger partial charge is 0.223 e. The lowest BCUT2D eigenvalue weighted by Crippen LogP contribution is -1.85. The van der Waals surface area contributed by atoms with E-state index in [0.29, 0.717) is 11.7 Å². The predicted molar refractivity (Wildman–Crippen MR) is 68.5 cm³/mol. The van der Waals surface area contributed by atoms with E-state index in [9.17, 15) is 0 Å². The Kier molecular flexibility index (Phi) is 4.06. The van der Waals surface area contributed by atoms with Crippen molar-refractivity contribution < 1.29 is 4.52 Å². The molecule has 1 aromatic heterocycles. The second-order valence-electron chi connectivity index (χ2n) is 3.60. The molecule has 0 N–H and O–H groups in total. The van der Waals surface area contributed by atoms with Gasteiger partial charge in [-0.25, -0.2) is 0 Å². The van der Waals surface area contributed by atoms with Gasteiger partial charge in [0.25, 0.3) is 0 Å². The van der Waals surface area contributed by atoms with E-state index < -0.39 is 0 Å². The summed E-state index contributed by atoms with van der Waals surface area (Å²) in [7, 11) is 0. The van der Waals surface area contributed by atoms with Gasteiger partial charge in [0, 0.05) is 18.1 Å². The fourth-order valence-corrected chi connectivity index (χ4v) is 1.55. The molecular weight excluding hydrogens is 212 g/mol. The summed E-state index contributed by atoms with van der Waals surface area (Å²) in [5.74, 6) is 7.09. The van der Waals surface area contributed by atoms with Crippen molar-refractivity contribution in [2.24, 2.45) is 0 Å². The van der Waals surface area contributed by atoms with Gasteiger partial charge in [0.1, 0.15) is 0 Å². The van der Waals surface area contributed by atoms with Gasteiger partial charge in [0.15, 0.2) is 0 Å². The van der Waals surface area contributed by atoms with Gasteiger partial charge in [-0.2, -0.15) is 4.98 Å². The van der Waals surface area contributed by atoms with Crippen LogP contribution in [0, 0.1) is 25.7 Å². The number of aromatic nitrogens is 2. The molecule has 0 atom stereocenters. The maximum absolute atomic E-state index is 4.96. The number of hydrogen-bond donors (Lipinski definition) is 0. The Morgan fingerprint density at radius 2 is 1.94 bits per heavy atom. The van der Waals surface area contributed by atoms with Crippen molar-refractivity contribution in [1.82, 2.24) is 10.1 Å². The summed E-state index contributed by atoms with van der Waals surface area (Å²) in [5.41, 5.74) is 3.05. The predicted octanol–water partition coefficient (Wildman–Crippen LogP) is 3.36. The third-order valence-electron chi connectivity index (χ3n) is 2.13. The summed E-state index contributed by atoms with van der Waals surface area (Å²) < 4.78 is 4.96. The van der Waals surface area contributed by atoms with Crippen molar-refractivity contribution in [2.45, 2.75) is 28.2 Å². The molecule has 0 fully saturated rings. The van der Waals surface area contributed by atoms with Gasteiger partial charge in [-0.3, -0.25) is 0 Å². The summed E-state index contributed by atoms with van der Waals surface area (Å²) >= 11 is 0. The molecule has 0 radical (unpaired) electrons. The van der Waals surface area contributed by atoms with Gasteiger partial charge in [-0.15, -0.1) is 5.92 Å². The quantitative estimate of drug-likeness (QED) is 0.702. The first-order valence-corrected chi connectivity index (χ1v) is 5.04. The Labute approximate surface area is 102 Å². The second kappa shape index (κ2) is 5.31. The van der Waals surface area contributed by atoms with Crippen molar-refractivity contribution in [3.63, 3.8) is 0 Å². The summed E-state index contributed by atoms with van der Waals surface area (Å²) in [6.45, 7) is 5.62. The van der Waals surface area contributed by atoms with Crippen LogP contribution < -0.4 is 0 Å². The highest BCUT2D eigenvalue weighted by atomic mass is 16.5. The number of hydrogen-bond acceptors (Lipinski definition) is 3. The van der Waals surface area contributed by atoms with Crippen molar-refractivity contribution in [3.05, 3.63) is 35.2 Å². The average Bonchev–Trinajstić information content (AvgIpc) is 2.64. The third-order valence-corrected chi connectivity index (χ3v) is 2.13. The standard InChI is InChI=1S/C13H12N2O.CH4/c1-4-5-11-6-9(2)7-12(8-11)13-14-10(3)16-15-13;/h6-8H,1-3H3;1H4. The first kappa shape index (κ1) is 13.0. The molecule has 17 heavy (non-hydrogen) atoms. The Bertz CT molecular complexity index is 573. The topological polar surface area (TPSA) is 38.9 Å². The Hall–Kier alpha value is -2.08. The van der Waals surface area contributed by atoms with E-state index in [0.717, 1.165) is 16.7 Å². The molecule has 0 saturated heterocycles. The van der Waals surface area contributed by atoms with Crippen molar-refractivity contribution in [3.8, 4) is 23.2 Å². The maximum atomic E-state index is 4.96. The lowest BCUT2D eigenvalue weighted by molar-refractivity contribution is 0.394. The van der Waals surface area contributed by atoms with Crippen LogP contribution in [0.2, 0.25) is 0 Å². The molecule has 0 unspecified atom stereocenters. The minimum absolute atomic E-state index is 0. The number of nitrogens with zero attached hydrogens (tertiary/aromatic N) is 2. The highest BCUT2D eigenvalue weighted by molar-refractivity contribution is 5.59. The van der Waals surface area contributed by atoms with Gasteiger partial charge in [0.2, 0.25) is 11.7 Å². The van der Waals surface area contributed by atoms with Crippen LogP contribution in [0.4, 0.5) is 0 Å². The zero-order chi connectivity index (χ0) is 11.5. The van der Waals surface area contributed by atoms with Crippen LogP contribution >= 0.6 is 0 Å². The van der Waals surface area contributed by atoms with E-state index in [1.165, 1.54) is 0 Å². The normalized spacial score (nSPS) is 9.12. The lowest BCUT2D eigenvalue weighted by atomic mass is 10.1. The fraction of sp³-hybridized carbons (Fsp3) is 0.286. The van der Waals surface area contributed by atoms with Gasteiger partial charge >= 0.3 is 0 Å². The first-order chi connectivity index (χ1) is 7.69. The third kappa shape index (κ3) is 2.94. The zero-order valence-corrected chi connectivity index (χ0v) is 9.53. The summed E-state index contributed by atoms with van der Waals surface area (Å²) in [5, 5.41) is 3.89. The largest absolute Gasteiger partial charge is 0.339 e. The van der Waals surface area contributed by atoms with E-state index in [-0.39, 0.29) is 7.43 Å². The summed E-state index contributed by atoms with van der Waals surface area (Å²) in [6.07, 6.45) is 0. The monoisotopic (exact) mass is 228 g/mol. The van der Waals surface area contributed by atoms with Gasteiger partial charge in [0.05, 0.1) is 0 Å². The highest BCUT2D eigenvalue weighted by Crippen LogP contribution is 2.19. The van der Waals surface area contributed by atoms with Crippen molar-refractivity contribution >= 4 is 0 Å². The molecule has 88 valence electrons. The second-order valence-corrected chi connectivity index (χ2v) is 3.60. The molecule has 0 aliphatic heterocycles. The molecule has 0 saturated carbocycles. The van der Waals surface area contributed by atoms with Crippen LogP contribution in [0.15, 0.2) is 22.7 Å². The maximum Gasteiger partial charge on any atom is 0.223 e. The number of benzene rings is 1. The first-order valence-electron chi connectivity index (χ1n) is 5.04. The van der Waals surface area contributed by atoms with Crippen LogP contribution in [0.25, 0.3) is 11.4 Å². The lowest BCUT2D eigenvalue weighted by Gasteiger charge is -1.99. The van der Waals surface area contributed by atoms with Crippen LogP contribution in [0.1, 0.15) is 31.4 Å². The molecule has 2 aromatic rings. The molecular formula is C14H16N2O. The molecule has 3 heteroatoms. The number of aryl methyl sites for hydroxylation is 2. The molecule has 0 spiro atoms. The molecule has 0 bridgehead atoms. The Morgan fingerprint density at radius 1 is 1.18 bits per heavy atom. The minimum atomic E-state index is 0. The Morgan fingerprint density at radius 3 is 2.53 bits per heavy atom. The van der Waals surface area contributed by atoms with Crippen LogP contribution in [0.5, 0.6) is 0 Å². The van der Waals surface area contributed by atoms with E-state index in [4.69, 9.17) is 4.52 Å². The molecule has 0 aliphatic rings. The van der Waals surface area contributed by atoms with Crippen LogP contribution in [-0.4, -0.2) is 10.1 Å². The summed E-state index contributed by atoms with van der Waals surface area (Å²) in [6, 6.07) is 6.02. The van der Waals surface area contributed by atoms with Gasteiger partial charge in [-0.1, -0.05) is 18.5 Å². The van der Waals surface area contributed by atoms with E-state index >= 15 is 0 Å². The van der Waals surface area contributed by atoms with E-state index in [1.807, 2.05) is 32.0 Å². The minimum Gasteiger partial charge on any atom is -0.339 e. The molecule has 1 aromatic carbocycles. The number of rotatable bonds is 1. The molecule has 2 rings (SSSR count). The van der Waals surface area contributed by atoms with Crippen molar-refractivity contribution in [2.75, 3.05) is 0 Å². The zero-order valence-electron chi connectivity index (χ0n) is 9.53. The van der Waals surface area contributed by atoms with Crippen molar-refractivity contribution in [1.29, 1.82) is 0 Å². The SMILES string of the molecule is C.CC#Cc1cc(C)cc(-c2noc(C)n2)c1. The molecule has 0 aliphatic carbocycles. The molecule has 3 nitrogen and oxygen atoms in total. The molecule has 1 heterocycles. The fourth-order valence-electron chi connectivity index (χ4n) is 1.55.